The van der Waals surface area contributed by atoms with Crippen LogP contribution in [0.3, 0.4) is 0 Å². The van der Waals surface area contributed by atoms with E-state index in [0.717, 1.165) is 18.4 Å². The summed E-state index contributed by atoms with van der Waals surface area (Å²) in [7, 11) is 0. The van der Waals surface area contributed by atoms with Gasteiger partial charge >= 0.3 is 0 Å². The lowest BCUT2D eigenvalue weighted by Crippen LogP contribution is -2.70. The Hall–Kier alpha value is -1.95. The highest BCUT2D eigenvalue weighted by atomic mass is 16.3. The molecular formula is C28H37NO4. The van der Waals surface area contributed by atoms with E-state index in [2.05, 4.69) is 31.8 Å². The number of fused-ring (bicyclic) bond motifs is 1. The molecule has 1 aromatic rings. The van der Waals surface area contributed by atoms with Gasteiger partial charge in [0.2, 0.25) is 5.91 Å². The Labute approximate surface area is 196 Å². The standard InChI is InChI=1S/C28H37NO4/c1-14-10-15(2)12-20-19(11-14)25(31)23-24(30)17(4)16(3)22-21(13-18-8-6-5-7-9-18)29-27(33)28(22,23)26(20)32/h5-9,12,14,16,19-26,30-32H,4,10-11,13H2,1-3H3,(H,29,33)/t14-,16-,19-,20-,21+,22+,23-,24-,25+,26-,28-/m1/s1. The summed E-state index contributed by atoms with van der Waals surface area (Å²) in [4.78, 5) is 13.9. The predicted octanol–water partition coefficient (Wildman–Crippen LogP) is 2.86. The molecule has 1 aromatic carbocycles. The Bertz CT molecular complexity index is 973. The third-order valence-electron chi connectivity index (χ3n) is 9.37. The zero-order chi connectivity index (χ0) is 23.7. The second kappa shape index (κ2) is 8.07. The van der Waals surface area contributed by atoms with E-state index in [9.17, 15) is 20.1 Å². The molecule has 0 aromatic heterocycles. The molecule has 1 saturated heterocycles. The van der Waals surface area contributed by atoms with Gasteiger partial charge in [0.1, 0.15) is 0 Å². The Morgan fingerprint density at radius 3 is 2.52 bits per heavy atom. The number of carbonyl (C=O) groups is 1. The molecule has 1 amide bonds. The van der Waals surface area contributed by atoms with Crippen LogP contribution in [0.2, 0.25) is 0 Å². The van der Waals surface area contributed by atoms with Crippen LogP contribution in [0.25, 0.3) is 0 Å². The molecule has 0 bridgehead atoms. The molecule has 5 nitrogen and oxygen atoms in total. The number of allylic oxidation sites excluding steroid dienone is 1. The van der Waals surface area contributed by atoms with Crippen molar-refractivity contribution in [2.24, 2.45) is 40.9 Å². The highest BCUT2D eigenvalue weighted by molar-refractivity contribution is 5.88. The maximum Gasteiger partial charge on any atom is 0.229 e. The van der Waals surface area contributed by atoms with Crippen LogP contribution in [0, 0.1) is 40.9 Å². The molecule has 1 heterocycles. The molecule has 5 rings (SSSR count). The summed E-state index contributed by atoms with van der Waals surface area (Å²) in [6.45, 7) is 10.5. The minimum Gasteiger partial charge on any atom is -0.392 e. The van der Waals surface area contributed by atoms with Crippen LogP contribution in [-0.4, -0.2) is 45.6 Å². The fourth-order valence-corrected chi connectivity index (χ4v) is 8.09. The number of carbonyl (C=O) groups excluding carboxylic acids is 1. The van der Waals surface area contributed by atoms with Crippen LogP contribution in [0.1, 0.15) is 39.2 Å². The van der Waals surface area contributed by atoms with Crippen molar-refractivity contribution in [1.82, 2.24) is 5.32 Å². The number of aliphatic hydroxyl groups excluding tert-OH is 3. The monoisotopic (exact) mass is 451 g/mol. The molecule has 5 heteroatoms. The first-order valence-electron chi connectivity index (χ1n) is 12.4. The Morgan fingerprint density at radius 2 is 1.82 bits per heavy atom. The molecule has 178 valence electrons. The topological polar surface area (TPSA) is 89.8 Å². The summed E-state index contributed by atoms with van der Waals surface area (Å²) in [5.41, 5.74) is 1.72. The Balaban J connectivity index is 1.64. The lowest BCUT2D eigenvalue weighted by molar-refractivity contribution is -0.215. The molecule has 11 atom stereocenters. The summed E-state index contributed by atoms with van der Waals surface area (Å²) in [5, 5.41) is 38.3. The van der Waals surface area contributed by atoms with Crippen molar-refractivity contribution < 1.29 is 20.1 Å². The minimum atomic E-state index is -1.25. The van der Waals surface area contributed by atoms with Gasteiger partial charge < -0.3 is 20.6 Å². The molecule has 4 aliphatic rings. The van der Waals surface area contributed by atoms with Crippen LogP contribution in [0.5, 0.6) is 0 Å². The number of benzene rings is 1. The van der Waals surface area contributed by atoms with Crippen LogP contribution < -0.4 is 5.32 Å². The smallest absolute Gasteiger partial charge is 0.229 e. The third kappa shape index (κ3) is 3.19. The van der Waals surface area contributed by atoms with Gasteiger partial charge in [0.25, 0.3) is 0 Å². The van der Waals surface area contributed by atoms with E-state index in [1.54, 1.807) is 0 Å². The first-order valence-corrected chi connectivity index (χ1v) is 12.4. The van der Waals surface area contributed by atoms with E-state index in [1.807, 2.05) is 37.3 Å². The molecule has 3 aliphatic carbocycles. The molecule has 0 radical (unpaired) electrons. The Morgan fingerprint density at radius 1 is 1.12 bits per heavy atom. The van der Waals surface area contributed by atoms with Crippen LogP contribution in [0.4, 0.5) is 0 Å². The number of aliphatic hydroxyl groups is 3. The van der Waals surface area contributed by atoms with Crippen molar-refractivity contribution in [2.45, 2.75) is 64.4 Å². The summed E-state index contributed by atoms with van der Waals surface area (Å²) >= 11 is 0. The maximum atomic E-state index is 13.9. The first-order chi connectivity index (χ1) is 15.7. The fourth-order valence-electron chi connectivity index (χ4n) is 8.09. The molecule has 0 unspecified atom stereocenters. The predicted molar refractivity (Wildman–Crippen MR) is 127 cm³/mol. The van der Waals surface area contributed by atoms with Crippen molar-refractivity contribution in [3.05, 3.63) is 59.7 Å². The van der Waals surface area contributed by atoms with Crippen molar-refractivity contribution >= 4 is 5.91 Å². The molecule has 1 aliphatic heterocycles. The molecule has 3 fully saturated rings. The van der Waals surface area contributed by atoms with E-state index >= 15 is 0 Å². The summed E-state index contributed by atoms with van der Waals surface area (Å²) in [6.07, 6.45) is 1.55. The van der Waals surface area contributed by atoms with Gasteiger partial charge in [0, 0.05) is 23.8 Å². The zero-order valence-electron chi connectivity index (χ0n) is 19.8. The average molecular weight is 452 g/mol. The van der Waals surface area contributed by atoms with Crippen molar-refractivity contribution in [2.75, 3.05) is 0 Å². The lowest BCUT2D eigenvalue weighted by Gasteiger charge is -2.60. The zero-order valence-corrected chi connectivity index (χ0v) is 19.8. The normalized spacial score (nSPS) is 47.0. The number of hydrogen-bond donors (Lipinski definition) is 4. The SMILES string of the molecule is C=C1[C@@H](C)[C@H]2[C@H](Cc3ccccc3)NC(=O)[C@@]23[C@@H]([C@@H](O)[C@@H]2C[C@H](C)CC(C)=C[C@H]2[C@H]3O)[C@@H]1O. The number of amides is 1. The Kier molecular flexibility index (Phi) is 5.58. The van der Waals surface area contributed by atoms with Crippen LogP contribution in [0.15, 0.2) is 54.1 Å². The van der Waals surface area contributed by atoms with Gasteiger partial charge in [-0.3, -0.25) is 4.79 Å². The highest BCUT2D eigenvalue weighted by Gasteiger charge is 2.73. The van der Waals surface area contributed by atoms with Crippen LogP contribution >= 0.6 is 0 Å². The van der Waals surface area contributed by atoms with Gasteiger partial charge in [0.15, 0.2) is 0 Å². The lowest BCUT2D eigenvalue weighted by atomic mass is 9.44. The molecular weight excluding hydrogens is 414 g/mol. The van der Waals surface area contributed by atoms with Gasteiger partial charge in [-0.2, -0.15) is 0 Å². The quantitative estimate of drug-likeness (QED) is 0.521. The minimum absolute atomic E-state index is 0.169. The average Bonchev–Trinajstić information content (AvgIpc) is 2.95. The highest BCUT2D eigenvalue weighted by Crippen LogP contribution is 2.63. The molecule has 33 heavy (non-hydrogen) atoms. The largest absolute Gasteiger partial charge is 0.392 e. The van der Waals surface area contributed by atoms with Crippen molar-refractivity contribution in [3.63, 3.8) is 0 Å². The number of rotatable bonds is 2. The van der Waals surface area contributed by atoms with Crippen molar-refractivity contribution in [3.8, 4) is 0 Å². The van der Waals surface area contributed by atoms with E-state index in [1.165, 1.54) is 5.57 Å². The van der Waals surface area contributed by atoms with Gasteiger partial charge in [-0.15, -0.1) is 0 Å². The molecule has 1 spiro atoms. The first kappa shape index (κ1) is 22.8. The second-order valence-corrected chi connectivity index (χ2v) is 11.3. The van der Waals surface area contributed by atoms with Gasteiger partial charge in [-0.25, -0.2) is 0 Å². The second-order valence-electron chi connectivity index (χ2n) is 11.3. The maximum absolute atomic E-state index is 13.9. The van der Waals surface area contributed by atoms with Crippen molar-refractivity contribution in [1.29, 1.82) is 0 Å². The molecule has 2 saturated carbocycles. The van der Waals surface area contributed by atoms with Crippen LogP contribution in [-0.2, 0) is 11.2 Å². The third-order valence-corrected chi connectivity index (χ3v) is 9.37. The number of hydrogen-bond acceptors (Lipinski definition) is 4. The van der Waals surface area contributed by atoms with E-state index in [-0.39, 0.29) is 35.6 Å². The van der Waals surface area contributed by atoms with E-state index < -0.39 is 29.6 Å². The van der Waals surface area contributed by atoms with E-state index in [0.29, 0.717) is 17.9 Å². The molecule has 4 N–H and O–H groups in total. The van der Waals surface area contributed by atoms with E-state index in [4.69, 9.17) is 0 Å². The van der Waals surface area contributed by atoms with Gasteiger partial charge in [0.05, 0.1) is 23.7 Å². The summed E-state index contributed by atoms with van der Waals surface area (Å²) < 4.78 is 0. The fraction of sp³-hybridized carbons (Fsp3) is 0.607. The van der Waals surface area contributed by atoms with Gasteiger partial charge in [-0.1, -0.05) is 62.4 Å². The summed E-state index contributed by atoms with van der Waals surface area (Å²) in [5.74, 6) is -1.55. The summed E-state index contributed by atoms with van der Waals surface area (Å²) in [6, 6.07) is 9.84. The number of nitrogens with one attached hydrogen (secondary N) is 1. The van der Waals surface area contributed by atoms with Gasteiger partial charge in [-0.05, 0) is 55.1 Å².